The molecule has 0 aliphatic carbocycles. The van der Waals surface area contributed by atoms with Crippen LogP contribution in [0.4, 0.5) is 0 Å². The number of rotatable bonds is 5. The van der Waals surface area contributed by atoms with Crippen LogP contribution in [-0.2, 0) is 0 Å². The Labute approximate surface area is 280 Å². The first-order chi connectivity index (χ1) is 23.8. The summed E-state index contributed by atoms with van der Waals surface area (Å²) in [6.45, 7) is 0. The molecule has 0 bridgehead atoms. The monoisotopic (exact) mass is 608 g/mol. The lowest BCUT2D eigenvalue weighted by molar-refractivity contribution is 1.60. The van der Waals surface area contributed by atoms with Crippen LogP contribution in [-0.4, -0.2) is 0 Å². The van der Waals surface area contributed by atoms with Crippen LogP contribution in [0.5, 0.6) is 0 Å². The van der Waals surface area contributed by atoms with Gasteiger partial charge in [0.2, 0.25) is 0 Å². The van der Waals surface area contributed by atoms with Gasteiger partial charge in [0.05, 0.1) is 0 Å². The van der Waals surface area contributed by atoms with Crippen molar-refractivity contribution in [3.05, 3.63) is 193 Å². The summed E-state index contributed by atoms with van der Waals surface area (Å²) < 4.78 is 0. The molecule has 9 aromatic carbocycles. The molecule has 0 saturated carbocycles. The Hall–Kier alpha value is -6.24. The first-order valence-corrected chi connectivity index (χ1v) is 16.6. The van der Waals surface area contributed by atoms with E-state index in [0.29, 0.717) is 0 Å². The van der Waals surface area contributed by atoms with Crippen molar-refractivity contribution in [3.8, 4) is 33.4 Å². The van der Waals surface area contributed by atoms with Crippen molar-refractivity contribution in [2.45, 2.75) is 0 Å². The zero-order valence-electron chi connectivity index (χ0n) is 26.5. The quantitative estimate of drug-likeness (QED) is 0.135. The predicted octanol–water partition coefficient (Wildman–Crippen LogP) is 13.5. The Morgan fingerprint density at radius 3 is 1.50 bits per heavy atom. The number of benzene rings is 9. The van der Waals surface area contributed by atoms with E-state index < -0.39 is 0 Å². The summed E-state index contributed by atoms with van der Waals surface area (Å²) in [5.74, 6) is 0. The van der Waals surface area contributed by atoms with Gasteiger partial charge in [-0.15, -0.1) is 0 Å². The van der Waals surface area contributed by atoms with Crippen molar-refractivity contribution in [2.75, 3.05) is 0 Å². The fraction of sp³-hybridized carbons (Fsp3) is 0. The van der Waals surface area contributed by atoms with Crippen LogP contribution >= 0.6 is 0 Å². The number of hydrogen-bond acceptors (Lipinski definition) is 0. The molecule has 48 heavy (non-hydrogen) atoms. The van der Waals surface area contributed by atoms with E-state index in [4.69, 9.17) is 0 Å². The van der Waals surface area contributed by atoms with Crippen molar-refractivity contribution < 1.29 is 0 Å². The SMILES string of the molecule is C(=Cc1ccc(-c2c3ccccc3c(-c3ccc4ccccc4c3)c3ccccc23)c2ccccc12)c1ccc(-c2ccccc2)cc1. The molecule has 0 N–H and O–H groups in total. The molecule has 0 fully saturated rings. The van der Waals surface area contributed by atoms with Crippen LogP contribution < -0.4 is 0 Å². The fourth-order valence-electron chi connectivity index (χ4n) is 7.36. The first-order valence-electron chi connectivity index (χ1n) is 16.6. The molecule has 224 valence electrons. The van der Waals surface area contributed by atoms with Gasteiger partial charge in [-0.2, -0.15) is 0 Å². The maximum atomic E-state index is 2.34. The van der Waals surface area contributed by atoms with Crippen LogP contribution in [0.15, 0.2) is 182 Å². The Morgan fingerprint density at radius 2 is 0.812 bits per heavy atom. The van der Waals surface area contributed by atoms with E-state index in [1.54, 1.807) is 0 Å². The minimum Gasteiger partial charge on any atom is -0.0622 e. The Balaban J connectivity index is 1.20. The van der Waals surface area contributed by atoms with Crippen molar-refractivity contribution in [1.82, 2.24) is 0 Å². The average Bonchev–Trinajstić information content (AvgIpc) is 3.16. The number of hydrogen-bond donors (Lipinski definition) is 0. The summed E-state index contributed by atoms with van der Waals surface area (Å²) in [5.41, 5.74) is 9.94. The van der Waals surface area contributed by atoms with Gasteiger partial charge in [0.25, 0.3) is 0 Å². The van der Waals surface area contributed by atoms with E-state index in [0.717, 1.165) is 0 Å². The molecule has 0 radical (unpaired) electrons. The second-order valence-electron chi connectivity index (χ2n) is 12.5. The summed E-state index contributed by atoms with van der Waals surface area (Å²) in [6.07, 6.45) is 4.47. The van der Waals surface area contributed by atoms with E-state index >= 15 is 0 Å². The molecule has 0 unspecified atom stereocenters. The van der Waals surface area contributed by atoms with Crippen LogP contribution in [0.2, 0.25) is 0 Å². The first kappa shape index (κ1) is 28.0. The second-order valence-corrected chi connectivity index (χ2v) is 12.5. The lowest BCUT2D eigenvalue weighted by Gasteiger charge is -2.19. The van der Waals surface area contributed by atoms with Crippen LogP contribution in [0, 0.1) is 0 Å². The van der Waals surface area contributed by atoms with E-state index in [1.165, 1.54) is 87.6 Å². The molecule has 0 nitrogen and oxygen atoms in total. The van der Waals surface area contributed by atoms with Crippen LogP contribution in [0.25, 0.3) is 88.6 Å². The predicted molar refractivity (Wildman–Crippen MR) is 208 cm³/mol. The molecule has 0 saturated heterocycles. The highest BCUT2D eigenvalue weighted by atomic mass is 14.2. The van der Waals surface area contributed by atoms with Crippen molar-refractivity contribution in [3.63, 3.8) is 0 Å². The maximum Gasteiger partial charge on any atom is -0.00201 e. The minimum absolute atomic E-state index is 1.18. The molecule has 9 aromatic rings. The van der Waals surface area contributed by atoms with E-state index in [-0.39, 0.29) is 0 Å². The molecule has 0 heteroatoms. The maximum absolute atomic E-state index is 2.34. The molecule has 0 spiro atoms. The zero-order chi connectivity index (χ0) is 31.9. The van der Waals surface area contributed by atoms with Gasteiger partial charge in [-0.05, 0) is 93.7 Å². The third kappa shape index (κ3) is 4.87. The lowest BCUT2D eigenvalue weighted by Crippen LogP contribution is -1.92. The standard InChI is InChI=1S/C48H32/c1-2-12-34(13-3-1)36-25-22-33(23-26-36)24-27-37-30-31-46(41-17-7-6-16-40(37)41)48-44-20-10-8-18-42(44)47(43-19-9-11-21-45(43)48)39-29-28-35-14-4-5-15-38(35)32-39/h1-32H. The van der Waals surface area contributed by atoms with E-state index in [9.17, 15) is 0 Å². The molecule has 9 rings (SSSR count). The van der Waals surface area contributed by atoms with Gasteiger partial charge in [-0.25, -0.2) is 0 Å². The van der Waals surface area contributed by atoms with Crippen molar-refractivity contribution >= 4 is 55.2 Å². The molecule has 0 atom stereocenters. The minimum atomic E-state index is 1.18. The third-order valence-electron chi connectivity index (χ3n) is 9.67. The van der Waals surface area contributed by atoms with Crippen molar-refractivity contribution in [2.24, 2.45) is 0 Å². The Kier molecular flexibility index (Phi) is 6.91. The average molecular weight is 609 g/mol. The molecule has 0 aliphatic rings. The fourth-order valence-corrected chi connectivity index (χ4v) is 7.36. The highest BCUT2D eigenvalue weighted by Gasteiger charge is 2.18. The molecule has 0 amide bonds. The van der Waals surface area contributed by atoms with Gasteiger partial charge in [0.15, 0.2) is 0 Å². The van der Waals surface area contributed by atoms with Crippen LogP contribution in [0.1, 0.15) is 11.1 Å². The number of fused-ring (bicyclic) bond motifs is 4. The van der Waals surface area contributed by atoms with Gasteiger partial charge < -0.3 is 0 Å². The Bertz CT molecular complexity index is 2580. The molecule has 0 heterocycles. The highest BCUT2D eigenvalue weighted by molar-refractivity contribution is 6.24. The van der Waals surface area contributed by atoms with Gasteiger partial charge in [-0.1, -0.05) is 188 Å². The molecular weight excluding hydrogens is 577 g/mol. The van der Waals surface area contributed by atoms with Gasteiger partial charge in [-0.3, -0.25) is 0 Å². The Morgan fingerprint density at radius 1 is 0.292 bits per heavy atom. The topological polar surface area (TPSA) is 0 Å². The summed E-state index contributed by atoms with van der Waals surface area (Å²) >= 11 is 0. The lowest BCUT2D eigenvalue weighted by atomic mass is 9.84. The van der Waals surface area contributed by atoms with Gasteiger partial charge >= 0.3 is 0 Å². The second kappa shape index (κ2) is 11.8. The summed E-state index contributed by atoms with van der Waals surface area (Å²) in [6, 6.07) is 66.1. The highest BCUT2D eigenvalue weighted by Crippen LogP contribution is 2.46. The zero-order valence-corrected chi connectivity index (χ0v) is 26.5. The van der Waals surface area contributed by atoms with Crippen molar-refractivity contribution in [1.29, 1.82) is 0 Å². The van der Waals surface area contributed by atoms with Crippen LogP contribution in [0.3, 0.4) is 0 Å². The smallest absolute Gasteiger partial charge is 0.00201 e. The van der Waals surface area contributed by atoms with E-state index in [1.807, 2.05) is 0 Å². The summed E-state index contributed by atoms with van der Waals surface area (Å²) in [5, 5.41) is 10.1. The van der Waals surface area contributed by atoms with Gasteiger partial charge in [0.1, 0.15) is 0 Å². The molecular formula is C48H32. The molecule has 0 aromatic heterocycles. The van der Waals surface area contributed by atoms with Gasteiger partial charge in [0, 0.05) is 0 Å². The van der Waals surface area contributed by atoms with E-state index in [2.05, 4.69) is 194 Å². The third-order valence-corrected chi connectivity index (χ3v) is 9.67. The normalized spacial score (nSPS) is 11.7. The summed E-state index contributed by atoms with van der Waals surface area (Å²) in [4.78, 5) is 0. The largest absolute Gasteiger partial charge is 0.0622 e. The summed E-state index contributed by atoms with van der Waals surface area (Å²) in [7, 11) is 0. The molecule has 0 aliphatic heterocycles.